The number of nitrogens with zero attached hydrogens (tertiary/aromatic N) is 2. The van der Waals surface area contributed by atoms with Crippen molar-refractivity contribution in [3.8, 4) is 10.6 Å². The second-order valence-electron chi connectivity index (χ2n) is 6.17. The highest BCUT2D eigenvalue weighted by atomic mass is 32.1. The predicted molar refractivity (Wildman–Crippen MR) is 88.9 cm³/mol. The molecular weight excluding hydrogens is 278 g/mol. The van der Waals surface area contributed by atoms with Gasteiger partial charge in [-0.3, -0.25) is 4.98 Å². The first-order valence-corrected chi connectivity index (χ1v) is 8.60. The van der Waals surface area contributed by atoms with Crippen LogP contribution < -0.4 is 5.32 Å². The molecule has 21 heavy (non-hydrogen) atoms. The quantitative estimate of drug-likeness (QED) is 0.929. The first kappa shape index (κ1) is 14.7. The Balaban J connectivity index is 1.89. The second-order valence-corrected chi connectivity index (χ2v) is 7.25. The average Bonchev–Trinajstić information content (AvgIpc) is 2.89. The zero-order chi connectivity index (χ0) is 14.8. The number of aromatic nitrogens is 2. The Bertz CT molecular complexity index is 618. The SMILES string of the molecule is Cc1ccncc1-c1nc2c(s1)CCCC2CNC(C)C. The molecular formula is C17H23N3S. The van der Waals surface area contributed by atoms with Gasteiger partial charge in [0.05, 0.1) is 5.69 Å². The van der Waals surface area contributed by atoms with E-state index in [2.05, 4.69) is 37.1 Å². The number of aryl methyl sites for hydroxylation is 2. The monoisotopic (exact) mass is 301 g/mol. The van der Waals surface area contributed by atoms with Gasteiger partial charge in [-0.25, -0.2) is 4.98 Å². The van der Waals surface area contributed by atoms with E-state index in [-0.39, 0.29) is 0 Å². The van der Waals surface area contributed by atoms with Gasteiger partial charge in [-0.15, -0.1) is 11.3 Å². The molecule has 0 radical (unpaired) electrons. The maximum Gasteiger partial charge on any atom is 0.125 e. The largest absolute Gasteiger partial charge is 0.314 e. The van der Waals surface area contributed by atoms with E-state index in [9.17, 15) is 0 Å². The summed E-state index contributed by atoms with van der Waals surface area (Å²) in [6.45, 7) is 7.58. The Morgan fingerprint density at radius 1 is 1.43 bits per heavy atom. The first-order valence-electron chi connectivity index (χ1n) is 7.79. The maximum atomic E-state index is 4.98. The molecule has 2 heterocycles. The summed E-state index contributed by atoms with van der Waals surface area (Å²) in [7, 11) is 0. The Kier molecular flexibility index (Phi) is 4.36. The van der Waals surface area contributed by atoms with Crippen molar-refractivity contribution < 1.29 is 0 Å². The Hall–Kier alpha value is -1.26. The molecule has 2 aromatic rings. The van der Waals surface area contributed by atoms with Crippen LogP contribution in [0.1, 0.15) is 48.7 Å². The Morgan fingerprint density at radius 2 is 2.29 bits per heavy atom. The molecule has 1 N–H and O–H groups in total. The van der Waals surface area contributed by atoms with E-state index in [0.29, 0.717) is 12.0 Å². The highest BCUT2D eigenvalue weighted by Gasteiger charge is 2.25. The van der Waals surface area contributed by atoms with Crippen LogP contribution in [0.15, 0.2) is 18.5 Å². The van der Waals surface area contributed by atoms with Gasteiger partial charge in [-0.2, -0.15) is 0 Å². The summed E-state index contributed by atoms with van der Waals surface area (Å²) in [5, 5.41) is 4.71. The minimum Gasteiger partial charge on any atom is -0.314 e. The highest BCUT2D eigenvalue weighted by Crippen LogP contribution is 2.38. The summed E-state index contributed by atoms with van der Waals surface area (Å²) in [5.74, 6) is 0.568. The summed E-state index contributed by atoms with van der Waals surface area (Å²) in [4.78, 5) is 10.7. The van der Waals surface area contributed by atoms with Gasteiger partial charge in [0.15, 0.2) is 0 Å². The molecule has 4 heteroatoms. The summed E-state index contributed by atoms with van der Waals surface area (Å²) < 4.78 is 0. The first-order chi connectivity index (χ1) is 10.1. The molecule has 1 atom stereocenters. The molecule has 1 aliphatic rings. The fourth-order valence-electron chi connectivity index (χ4n) is 2.89. The summed E-state index contributed by atoms with van der Waals surface area (Å²) in [6, 6.07) is 2.60. The van der Waals surface area contributed by atoms with Gasteiger partial charge >= 0.3 is 0 Å². The van der Waals surface area contributed by atoms with Crippen molar-refractivity contribution >= 4 is 11.3 Å². The molecule has 0 amide bonds. The van der Waals surface area contributed by atoms with Crippen LogP contribution in [-0.4, -0.2) is 22.6 Å². The van der Waals surface area contributed by atoms with Gasteiger partial charge in [0.1, 0.15) is 5.01 Å². The Labute approximate surface area is 130 Å². The lowest BCUT2D eigenvalue weighted by Crippen LogP contribution is -2.29. The zero-order valence-corrected chi connectivity index (χ0v) is 13.8. The minimum absolute atomic E-state index is 0.536. The van der Waals surface area contributed by atoms with Gasteiger partial charge in [0, 0.05) is 41.3 Å². The molecule has 0 spiro atoms. The molecule has 3 rings (SSSR count). The highest BCUT2D eigenvalue weighted by molar-refractivity contribution is 7.15. The van der Waals surface area contributed by atoms with E-state index in [1.54, 1.807) is 0 Å². The normalized spacial score (nSPS) is 18.0. The van der Waals surface area contributed by atoms with Crippen LogP contribution >= 0.6 is 11.3 Å². The molecule has 0 saturated heterocycles. The number of pyridine rings is 1. The number of fused-ring (bicyclic) bond motifs is 1. The number of thiazole rings is 1. The maximum absolute atomic E-state index is 4.98. The van der Waals surface area contributed by atoms with Crippen LogP contribution in [-0.2, 0) is 6.42 Å². The minimum atomic E-state index is 0.536. The van der Waals surface area contributed by atoms with Crippen LogP contribution in [0, 0.1) is 6.92 Å². The lowest BCUT2D eigenvalue weighted by Gasteiger charge is -2.22. The van der Waals surface area contributed by atoms with Crippen LogP contribution in [0.25, 0.3) is 10.6 Å². The van der Waals surface area contributed by atoms with Crippen LogP contribution in [0.4, 0.5) is 0 Å². The van der Waals surface area contributed by atoms with Crippen molar-refractivity contribution in [2.45, 2.75) is 52.0 Å². The molecule has 2 aromatic heterocycles. The summed E-state index contributed by atoms with van der Waals surface area (Å²) >= 11 is 1.86. The molecule has 0 aromatic carbocycles. The van der Waals surface area contributed by atoms with Gasteiger partial charge in [0.25, 0.3) is 0 Å². The number of nitrogens with one attached hydrogen (secondary N) is 1. The topological polar surface area (TPSA) is 37.8 Å². The molecule has 112 valence electrons. The van der Waals surface area contributed by atoms with E-state index in [1.807, 2.05) is 23.7 Å². The lowest BCUT2D eigenvalue weighted by molar-refractivity contribution is 0.475. The van der Waals surface area contributed by atoms with Crippen molar-refractivity contribution in [3.63, 3.8) is 0 Å². The lowest BCUT2D eigenvalue weighted by atomic mass is 9.91. The third-order valence-electron chi connectivity index (χ3n) is 4.11. The van der Waals surface area contributed by atoms with Gasteiger partial charge in [0.2, 0.25) is 0 Å². The van der Waals surface area contributed by atoms with Crippen LogP contribution in [0.5, 0.6) is 0 Å². The fraction of sp³-hybridized carbons (Fsp3) is 0.529. The third-order valence-corrected chi connectivity index (χ3v) is 5.28. The van der Waals surface area contributed by atoms with E-state index < -0.39 is 0 Å². The van der Waals surface area contributed by atoms with Gasteiger partial charge in [-0.05, 0) is 37.8 Å². The Morgan fingerprint density at radius 3 is 3.05 bits per heavy atom. The molecule has 1 unspecified atom stereocenters. The van der Waals surface area contributed by atoms with Crippen LogP contribution in [0.3, 0.4) is 0 Å². The predicted octanol–water partition coefficient (Wildman–Crippen LogP) is 3.93. The summed E-state index contributed by atoms with van der Waals surface area (Å²) in [6.07, 6.45) is 7.51. The smallest absolute Gasteiger partial charge is 0.125 e. The van der Waals surface area contributed by atoms with Gasteiger partial charge in [-0.1, -0.05) is 13.8 Å². The standard InChI is InChI=1S/C17H23N3S/c1-11(2)19-9-13-5-4-6-15-16(13)20-17(21-15)14-10-18-8-7-12(14)3/h7-8,10-11,13,19H,4-6,9H2,1-3H3. The van der Waals surface area contributed by atoms with Crippen molar-refractivity contribution in [3.05, 3.63) is 34.6 Å². The molecule has 0 bridgehead atoms. The molecule has 1 aliphatic carbocycles. The van der Waals surface area contributed by atoms with E-state index in [4.69, 9.17) is 4.98 Å². The second kappa shape index (κ2) is 6.24. The molecule has 0 saturated carbocycles. The number of hydrogen-bond donors (Lipinski definition) is 1. The number of hydrogen-bond acceptors (Lipinski definition) is 4. The molecule has 3 nitrogen and oxygen atoms in total. The van der Waals surface area contributed by atoms with Crippen molar-refractivity contribution in [2.24, 2.45) is 0 Å². The van der Waals surface area contributed by atoms with Gasteiger partial charge < -0.3 is 5.32 Å². The van der Waals surface area contributed by atoms with Crippen molar-refractivity contribution in [1.29, 1.82) is 0 Å². The van der Waals surface area contributed by atoms with Crippen molar-refractivity contribution in [1.82, 2.24) is 15.3 Å². The van der Waals surface area contributed by atoms with E-state index >= 15 is 0 Å². The average molecular weight is 301 g/mol. The summed E-state index contributed by atoms with van der Waals surface area (Å²) in [5.41, 5.74) is 3.78. The fourth-order valence-corrected chi connectivity index (χ4v) is 4.15. The van der Waals surface area contributed by atoms with Crippen LogP contribution in [0.2, 0.25) is 0 Å². The van der Waals surface area contributed by atoms with E-state index in [1.165, 1.54) is 41.0 Å². The van der Waals surface area contributed by atoms with E-state index in [0.717, 1.165) is 11.6 Å². The zero-order valence-electron chi connectivity index (χ0n) is 13.0. The molecule has 0 fully saturated rings. The number of rotatable bonds is 4. The third kappa shape index (κ3) is 3.16. The molecule has 0 aliphatic heterocycles. The van der Waals surface area contributed by atoms with Crippen molar-refractivity contribution in [2.75, 3.05) is 6.54 Å².